The molecular formula is C27H30BrN3O5S. The molecule has 8 nitrogen and oxygen atoms in total. The number of aryl methyl sites for hydroxylation is 1. The number of hydrogen-bond acceptors (Lipinski definition) is 5. The fourth-order valence-electron chi connectivity index (χ4n) is 3.75. The van der Waals surface area contributed by atoms with Gasteiger partial charge in [0.1, 0.15) is 18.3 Å². The predicted octanol–water partition coefficient (Wildman–Crippen LogP) is 4.12. The maximum Gasteiger partial charge on any atom is 0.264 e. The number of sulfonamides is 1. The summed E-state index contributed by atoms with van der Waals surface area (Å²) >= 11 is 3.34. The Morgan fingerprint density at radius 1 is 1.03 bits per heavy atom. The molecule has 37 heavy (non-hydrogen) atoms. The fraction of sp³-hybridized carbons (Fsp3) is 0.259. The molecule has 3 aromatic rings. The number of halogens is 1. The van der Waals surface area contributed by atoms with Crippen molar-refractivity contribution in [3.8, 4) is 5.75 Å². The van der Waals surface area contributed by atoms with Crippen LogP contribution in [0.2, 0.25) is 0 Å². The lowest BCUT2D eigenvalue weighted by Gasteiger charge is -2.31. The third kappa shape index (κ3) is 6.69. The minimum Gasteiger partial charge on any atom is -0.496 e. The summed E-state index contributed by atoms with van der Waals surface area (Å²) in [7, 11) is -1.19. The van der Waals surface area contributed by atoms with E-state index < -0.39 is 28.5 Å². The van der Waals surface area contributed by atoms with Crippen LogP contribution < -0.4 is 14.4 Å². The number of likely N-dealkylation sites (N-methyl/N-ethyl adjacent to an activating group) is 1. The quantitative estimate of drug-likeness (QED) is 0.385. The summed E-state index contributed by atoms with van der Waals surface area (Å²) in [5.74, 6) is -0.393. The number of benzene rings is 3. The van der Waals surface area contributed by atoms with Gasteiger partial charge in [-0.05, 0) is 65.7 Å². The van der Waals surface area contributed by atoms with Gasteiger partial charge in [-0.15, -0.1) is 0 Å². The molecule has 0 unspecified atom stereocenters. The zero-order valence-electron chi connectivity index (χ0n) is 21.1. The third-order valence-corrected chi connectivity index (χ3v) is 8.31. The second-order valence-corrected chi connectivity index (χ2v) is 11.2. The smallest absolute Gasteiger partial charge is 0.264 e. The van der Waals surface area contributed by atoms with Crippen LogP contribution in [0.4, 0.5) is 5.69 Å². The minimum atomic E-state index is -4.17. The number of carbonyl (C=O) groups is 2. The van der Waals surface area contributed by atoms with E-state index in [0.717, 1.165) is 15.4 Å². The van der Waals surface area contributed by atoms with Crippen molar-refractivity contribution in [2.45, 2.75) is 31.3 Å². The Kier molecular flexibility index (Phi) is 9.34. The standard InChI is InChI=1S/C27H30BrN3O5S/c1-19-10-12-22(13-11-19)31(37(34,35)23-14-15-25(36-4)24(28)16-23)18-26(32)30(20(2)27(33)29-3)17-21-8-6-5-7-9-21/h5-16,20H,17-18H2,1-4H3,(H,29,33)/t20-/m1/s1. The van der Waals surface area contributed by atoms with Gasteiger partial charge in [0, 0.05) is 13.6 Å². The van der Waals surface area contributed by atoms with E-state index >= 15 is 0 Å². The second-order valence-electron chi connectivity index (χ2n) is 8.44. The highest BCUT2D eigenvalue weighted by Gasteiger charge is 2.32. The Labute approximate surface area is 226 Å². The highest BCUT2D eigenvalue weighted by molar-refractivity contribution is 9.10. The van der Waals surface area contributed by atoms with Crippen LogP contribution in [0.1, 0.15) is 18.1 Å². The van der Waals surface area contributed by atoms with Crippen molar-refractivity contribution < 1.29 is 22.7 Å². The molecule has 1 atom stereocenters. The molecule has 0 bridgehead atoms. The van der Waals surface area contributed by atoms with E-state index in [4.69, 9.17) is 4.74 Å². The first-order valence-corrected chi connectivity index (χ1v) is 13.8. The normalized spacial score (nSPS) is 11.9. The monoisotopic (exact) mass is 587 g/mol. The van der Waals surface area contributed by atoms with Crippen molar-refractivity contribution >= 4 is 43.5 Å². The molecule has 10 heteroatoms. The van der Waals surface area contributed by atoms with Gasteiger partial charge in [-0.3, -0.25) is 13.9 Å². The Morgan fingerprint density at radius 3 is 2.24 bits per heavy atom. The maximum absolute atomic E-state index is 13.9. The van der Waals surface area contributed by atoms with Gasteiger partial charge in [-0.2, -0.15) is 0 Å². The van der Waals surface area contributed by atoms with Crippen LogP contribution in [0.25, 0.3) is 0 Å². The molecule has 196 valence electrons. The maximum atomic E-state index is 13.9. The summed E-state index contributed by atoms with van der Waals surface area (Å²) < 4.78 is 34.5. The first-order chi connectivity index (χ1) is 17.6. The molecule has 0 radical (unpaired) electrons. The first-order valence-electron chi connectivity index (χ1n) is 11.6. The molecular weight excluding hydrogens is 558 g/mol. The largest absolute Gasteiger partial charge is 0.496 e. The van der Waals surface area contributed by atoms with Gasteiger partial charge < -0.3 is 15.0 Å². The molecule has 3 aromatic carbocycles. The minimum absolute atomic E-state index is 0.0116. The highest BCUT2D eigenvalue weighted by atomic mass is 79.9. The van der Waals surface area contributed by atoms with Gasteiger partial charge >= 0.3 is 0 Å². The van der Waals surface area contributed by atoms with Gasteiger partial charge in [0.15, 0.2) is 0 Å². The van der Waals surface area contributed by atoms with Crippen LogP contribution >= 0.6 is 15.9 Å². The number of carbonyl (C=O) groups excluding carboxylic acids is 2. The first kappa shape index (κ1) is 28.2. The zero-order chi connectivity index (χ0) is 27.2. The Balaban J connectivity index is 2.04. The number of methoxy groups -OCH3 is 1. The van der Waals surface area contributed by atoms with Gasteiger partial charge in [0.05, 0.1) is 22.2 Å². The van der Waals surface area contributed by atoms with Crippen molar-refractivity contribution in [2.75, 3.05) is 25.0 Å². The van der Waals surface area contributed by atoms with Crippen LogP contribution in [0.3, 0.4) is 0 Å². The predicted molar refractivity (Wildman–Crippen MR) is 147 cm³/mol. The van der Waals surface area contributed by atoms with Crippen molar-refractivity contribution in [1.82, 2.24) is 10.2 Å². The van der Waals surface area contributed by atoms with Crippen LogP contribution in [0, 0.1) is 6.92 Å². The molecule has 0 aromatic heterocycles. The van der Waals surface area contributed by atoms with E-state index in [0.29, 0.717) is 15.9 Å². The molecule has 0 aliphatic carbocycles. The van der Waals surface area contributed by atoms with Crippen molar-refractivity contribution in [2.24, 2.45) is 0 Å². The van der Waals surface area contributed by atoms with E-state index in [1.807, 2.05) is 37.3 Å². The fourth-order valence-corrected chi connectivity index (χ4v) is 5.88. The second kappa shape index (κ2) is 12.2. The molecule has 0 saturated heterocycles. The molecule has 0 spiro atoms. The van der Waals surface area contributed by atoms with Gasteiger partial charge in [0.25, 0.3) is 10.0 Å². The molecule has 0 heterocycles. The molecule has 1 N–H and O–H groups in total. The topological polar surface area (TPSA) is 96.0 Å². The highest BCUT2D eigenvalue weighted by Crippen LogP contribution is 2.31. The van der Waals surface area contributed by atoms with Gasteiger partial charge in [-0.1, -0.05) is 48.0 Å². The molecule has 0 fully saturated rings. The Hall–Kier alpha value is -3.37. The SMILES string of the molecule is CNC(=O)[C@@H](C)N(Cc1ccccc1)C(=O)CN(c1ccc(C)cc1)S(=O)(=O)c1ccc(OC)c(Br)c1. The lowest BCUT2D eigenvalue weighted by molar-refractivity contribution is -0.139. The Bertz CT molecular complexity index is 1350. The van der Waals surface area contributed by atoms with E-state index in [9.17, 15) is 18.0 Å². The molecule has 0 aliphatic heterocycles. The van der Waals surface area contributed by atoms with E-state index in [-0.39, 0.29) is 17.3 Å². The number of nitrogens with one attached hydrogen (secondary N) is 1. The number of nitrogens with zero attached hydrogens (tertiary/aromatic N) is 2. The van der Waals surface area contributed by atoms with Crippen molar-refractivity contribution in [3.63, 3.8) is 0 Å². The van der Waals surface area contributed by atoms with Crippen molar-refractivity contribution in [3.05, 3.63) is 88.4 Å². The van der Waals surface area contributed by atoms with Crippen LogP contribution in [-0.2, 0) is 26.2 Å². The summed E-state index contributed by atoms with van der Waals surface area (Å²) in [5, 5.41) is 2.57. The van der Waals surface area contributed by atoms with Crippen LogP contribution in [0.15, 0.2) is 82.2 Å². The zero-order valence-corrected chi connectivity index (χ0v) is 23.5. The summed E-state index contributed by atoms with van der Waals surface area (Å²) in [5.41, 5.74) is 2.09. The van der Waals surface area contributed by atoms with Crippen molar-refractivity contribution in [1.29, 1.82) is 0 Å². The summed E-state index contributed by atoms with van der Waals surface area (Å²) in [6.45, 7) is 3.15. The molecule has 0 saturated carbocycles. The molecule has 0 aliphatic rings. The average molecular weight is 589 g/mol. The van der Waals surface area contributed by atoms with Crippen LogP contribution in [0.5, 0.6) is 5.75 Å². The summed E-state index contributed by atoms with van der Waals surface area (Å²) in [6, 6.07) is 19.7. The lowest BCUT2D eigenvalue weighted by Crippen LogP contribution is -2.50. The third-order valence-electron chi connectivity index (χ3n) is 5.92. The number of ether oxygens (including phenoxy) is 1. The Morgan fingerprint density at radius 2 is 1.68 bits per heavy atom. The number of anilines is 1. The average Bonchev–Trinajstić information content (AvgIpc) is 2.90. The van der Waals surface area contributed by atoms with Crippen LogP contribution in [-0.4, -0.2) is 51.9 Å². The summed E-state index contributed by atoms with van der Waals surface area (Å²) in [6.07, 6.45) is 0. The van der Waals surface area contributed by atoms with Gasteiger partial charge in [-0.25, -0.2) is 8.42 Å². The number of rotatable bonds is 10. The van der Waals surface area contributed by atoms with E-state index in [2.05, 4.69) is 21.2 Å². The summed E-state index contributed by atoms with van der Waals surface area (Å²) in [4.78, 5) is 27.6. The lowest BCUT2D eigenvalue weighted by atomic mass is 10.1. The number of amides is 2. The number of hydrogen-bond donors (Lipinski definition) is 1. The molecule has 3 rings (SSSR count). The van der Waals surface area contributed by atoms with E-state index in [1.165, 1.54) is 31.2 Å². The van der Waals surface area contributed by atoms with E-state index in [1.54, 1.807) is 37.3 Å². The van der Waals surface area contributed by atoms with Gasteiger partial charge in [0.2, 0.25) is 11.8 Å². The molecule has 2 amide bonds.